The molecule has 0 aliphatic heterocycles. The molecule has 0 unspecified atom stereocenters. The number of hydrogen-bond acceptors (Lipinski definition) is 5. The van der Waals surface area contributed by atoms with E-state index in [0.29, 0.717) is 24.2 Å². The molecule has 1 aromatic carbocycles. The average molecular weight is 403 g/mol. The summed E-state index contributed by atoms with van der Waals surface area (Å²) in [7, 11) is 0. The fraction of sp³-hybridized carbons (Fsp3) is 0.500. The van der Waals surface area contributed by atoms with E-state index in [1.807, 2.05) is 13.0 Å². The molecule has 0 saturated carbocycles. The van der Waals surface area contributed by atoms with Crippen LogP contribution in [0.3, 0.4) is 0 Å². The van der Waals surface area contributed by atoms with Crippen molar-refractivity contribution in [3.63, 3.8) is 0 Å². The molecule has 1 amide bonds. The van der Waals surface area contributed by atoms with Gasteiger partial charge < -0.3 is 19.6 Å². The van der Waals surface area contributed by atoms with Crippen molar-refractivity contribution in [2.75, 3.05) is 13.2 Å². The number of rotatable bonds is 12. The number of carbonyl (C=O) groups excluding carboxylic acids is 1. The molecule has 158 valence electrons. The summed E-state index contributed by atoms with van der Waals surface area (Å²) >= 11 is 0. The van der Waals surface area contributed by atoms with Crippen LogP contribution in [0.4, 0.5) is 0 Å². The standard InChI is InChI=1S/C22H29NO6/c1-3-4-5-6-8-18-15(2)17-11-10-16(13-19(17)29-22(18)27)28-14-20(24)23-12-7-9-21(25)26/h10-11,13H,3-9,12,14H2,1-2H3,(H,23,24)(H,25,26). The van der Waals surface area contributed by atoms with Crippen LogP contribution in [0.2, 0.25) is 0 Å². The van der Waals surface area contributed by atoms with Crippen LogP contribution < -0.4 is 15.7 Å². The Labute approximate surface area is 170 Å². The van der Waals surface area contributed by atoms with E-state index in [0.717, 1.165) is 42.2 Å². The second-order valence-electron chi connectivity index (χ2n) is 7.10. The molecule has 2 N–H and O–H groups in total. The number of unbranched alkanes of at least 4 members (excludes halogenated alkanes) is 3. The molecule has 1 heterocycles. The molecule has 0 radical (unpaired) electrons. The molecule has 0 atom stereocenters. The number of carboxylic acids is 1. The number of aryl methyl sites for hydroxylation is 1. The lowest BCUT2D eigenvalue weighted by Crippen LogP contribution is -2.29. The van der Waals surface area contributed by atoms with Gasteiger partial charge in [0.05, 0.1) is 0 Å². The lowest BCUT2D eigenvalue weighted by Gasteiger charge is -2.10. The predicted octanol–water partition coefficient (Wildman–Crippen LogP) is 3.58. The van der Waals surface area contributed by atoms with Gasteiger partial charge in [0.2, 0.25) is 0 Å². The molecule has 7 heteroatoms. The summed E-state index contributed by atoms with van der Waals surface area (Å²) in [4.78, 5) is 34.6. The second kappa shape index (κ2) is 11.2. The first-order valence-corrected chi connectivity index (χ1v) is 10.1. The average Bonchev–Trinajstić information content (AvgIpc) is 2.68. The Balaban J connectivity index is 1.98. The van der Waals surface area contributed by atoms with E-state index in [2.05, 4.69) is 12.2 Å². The first-order chi connectivity index (χ1) is 13.9. The van der Waals surface area contributed by atoms with E-state index < -0.39 is 5.97 Å². The molecular weight excluding hydrogens is 374 g/mol. The molecule has 29 heavy (non-hydrogen) atoms. The van der Waals surface area contributed by atoms with Crippen molar-refractivity contribution in [1.29, 1.82) is 0 Å². The largest absolute Gasteiger partial charge is 0.484 e. The third-order valence-corrected chi connectivity index (χ3v) is 4.80. The number of ether oxygens (including phenoxy) is 1. The Bertz CT molecular complexity index is 902. The molecule has 0 saturated heterocycles. The van der Waals surface area contributed by atoms with Gasteiger partial charge in [0.25, 0.3) is 5.91 Å². The van der Waals surface area contributed by atoms with Crippen LogP contribution in [0, 0.1) is 6.92 Å². The SMILES string of the molecule is CCCCCCc1c(C)c2ccc(OCC(=O)NCCCC(=O)O)cc2oc1=O. The summed E-state index contributed by atoms with van der Waals surface area (Å²) in [6.07, 6.45) is 5.45. The fourth-order valence-corrected chi connectivity index (χ4v) is 3.15. The Morgan fingerprint density at radius 1 is 1.17 bits per heavy atom. The number of fused-ring (bicyclic) bond motifs is 1. The van der Waals surface area contributed by atoms with Gasteiger partial charge in [-0.25, -0.2) is 4.79 Å². The minimum absolute atomic E-state index is 0.00475. The van der Waals surface area contributed by atoms with E-state index in [1.54, 1.807) is 12.1 Å². The van der Waals surface area contributed by atoms with E-state index in [4.69, 9.17) is 14.3 Å². The number of benzene rings is 1. The number of hydrogen-bond donors (Lipinski definition) is 2. The van der Waals surface area contributed by atoms with Crippen molar-refractivity contribution in [2.45, 2.75) is 58.8 Å². The van der Waals surface area contributed by atoms with E-state index in [9.17, 15) is 14.4 Å². The van der Waals surface area contributed by atoms with Crippen molar-refractivity contribution in [3.05, 3.63) is 39.7 Å². The maximum absolute atomic E-state index is 12.4. The topological polar surface area (TPSA) is 106 Å². The van der Waals surface area contributed by atoms with Gasteiger partial charge in [-0.1, -0.05) is 26.2 Å². The highest BCUT2D eigenvalue weighted by molar-refractivity contribution is 5.82. The summed E-state index contributed by atoms with van der Waals surface area (Å²) in [5.74, 6) is -0.806. The summed E-state index contributed by atoms with van der Waals surface area (Å²) in [6.45, 7) is 4.16. The van der Waals surface area contributed by atoms with E-state index in [-0.39, 0.29) is 31.1 Å². The van der Waals surface area contributed by atoms with Crippen LogP contribution in [0.5, 0.6) is 5.75 Å². The Hall–Kier alpha value is -2.83. The van der Waals surface area contributed by atoms with Gasteiger partial charge in [0.1, 0.15) is 11.3 Å². The van der Waals surface area contributed by atoms with Crippen molar-refractivity contribution >= 4 is 22.8 Å². The van der Waals surface area contributed by atoms with Crippen molar-refractivity contribution in [1.82, 2.24) is 5.32 Å². The molecule has 0 bridgehead atoms. The van der Waals surface area contributed by atoms with E-state index >= 15 is 0 Å². The van der Waals surface area contributed by atoms with Crippen LogP contribution in [-0.4, -0.2) is 30.1 Å². The minimum Gasteiger partial charge on any atom is -0.484 e. The van der Waals surface area contributed by atoms with Crippen molar-refractivity contribution in [3.8, 4) is 5.75 Å². The maximum Gasteiger partial charge on any atom is 0.339 e. The molecule has 2 rings (SSSR count). The number of nitrogens with one attached hydrogen (secondary N) is 1. The highest BCUT2D eigenvalue weighted by Gasteiger charge is 2.12. The van der Waals surface area contributed by atoms with Crippen LogP contribution in [-0.2, 0) is 16.0 Å². The Kier molecular flexibility index (Phi) is 8.70. The van der Waals surface area contributed by atoms with Gasteiger partial charge in [-0.05, 0) is 43.9 Å². The summed E-state index contributed by atoms with van der Waals surface area (Å²) in [6, 6.07) is 5.19. The molecule has 0 aliphatic rings. The zero-order chi connectivity index (χ0) is 21.2. The van der Waals surface area contributed by atoms with Gasteiger partial charge in [-0.15, -0.1) is 0 Å². The lowest BCUT2D eigenvalue weighted by atomic mass is 10.0. The normalized spacial score (nSPS) is 10.8. The second-order valence-corrected chi connectivity index (χ2v) is 7.10. The fourth-order valence-electron chi connectivity index (χ4n) is 3.15. The van der Waals surface area contributed by atoms with Crippen molar-refractivity contribution < 1.29 is 23.8 Å². The Morgan fingerprint density at radius 3 is 2.69 bits per heavy atom. The van der Waals surface area contributed by atoms with Crippen LogP contribution in [0.15, 0.2) is 27.4 Å². The van der Waals surface area contributed by atoms with Gasteiger partial charge in [0, 0.05) is 30.0 Å². The maximum atomic E-state index is 12.4. The van der Waals surface area contributed by atoms with Gasteiger partial charge in [0.15, 0.2) is 6.61 Å². The molecule has 0 fully saturated rings. The monoisotopic (exact) mass is 403 g/mol. The van der Waals surface area contributed by atoms with Gasteiger partial charge >= 0.3 is 11.6 Å². The first kappa shape index (κ1) is 22.5. The lowest BCUT2D eigenvalue weighted by molar-refractivity contribution is -0.137. The molecule has 0 spiro atoms. The van der Waals surface area contributed by atoms with Gasteiger partial charge in [-0.2, -0.15) is 0 Å². The minimum atomic E-state index is -0.896. The summed E-state index contributed by atoms with van der Waals surface area (Å²) in [5.41, 5.74) is 1.77. The quantitative estimate of drug-likeness (QED) is 0.414. The zero-order valence-electron chi connectivity index (χ0n) is 17.1. The third kappa shape index (κ3) is 6.93. The predicted molar refractivity (Wildman–Crippen MR) is 110 cm³/mol. The highest BCUT2D eigenvalue weighted by Crippen LogP contribution is 2.25. The highest BCUT2D eigenvalue weighted by atomic mass is 16.5. The first-order valence-electron chi connectivity index (χ1n) is 10.1. The molecule has 2 aromatic rings. The van der Waals surface area contributed by atoms with Crippen LogP contribution in [0.25, 0.3) is 11.0 Å². The number of carbonyl (C=O) groups is 2. The molecule has 7 nitrogen and oxygen atoms in total. The summed E-state index contributed by atoms with van der Waals surface area (Å²) < 4.78 is 11.0. The van der Waals surface area contributed by atoms with Crippen LogP contribution in [0.1, 0.15) is 56.6 Å². The van der Waals surface area contributed by atoms with E-state index in [1.165, 1.54) is 0 Å². The van der Waals surface area contributed by atoms with Gasteiger partial charge in [-0.3, -0.25) is 9.59 Å². The molecule has 1 aromatic heterocycles. The zero-order valence-corrected chi connectivity index (χ0v) is 17.1. The summed E-state index contributed by atoms with van der Waals surface area (Å²) in [5, 5.41) is 12.0. The number of aliphatic carboxylic acids is 1. The molecule has 0 aliphatic carbocycles. The van der Waals surface area contributed by atoms with Crippen LogP contribution >= 0.6 is 0 Å². The number of carboxylic acid groups (broad SMARTS) is 1. The molecular formula is C22H29NO6. The van der Waals surface area contributed by atoms with Crippen molar-refractivity contribution in [2.24, 2.45) is 0 Å². The smallest absolute Gasteiger partial charge is 0.339 e. The number of amides is 1. The Morgan fingerprint density at radius 2 is 1.97 bits per heavy atom. The third-order valence-electron chi connectivity index (χ3n) is 4.80.